The molecule has 19 heavy (non-hydrogen) atoms. The van der Waals surface area contributed by atoms with Crippen LogP contribution in [0.1, 0.15) is 29.7 Å². The van der Waals surface area contributed by atoms with Crippen LogP contribution in [-0.2, 0) is 0 Å². The molecule has 0 bridgehead atoms. The molecule has 3 heteroatoms. The lowest BCUT2D eigenvalue weighted by molar-refractivity contribution is 0.195. The maximum atomic E-state index is 13.9. The van der Waals surface area contributed by atoms with Gasteiger partial charge >= 0.3 is 0 Å². The van der Waals surface area contributed by atoms with Crippen molar-refractivity contribution in [3.8, 4) is 0 Å². The summed E-state index contributed by atoms with van der Waals surface area (Å²) in [6, 6.07) is 10.9. The van der Waals surface area contributed by atoms with Gasteiger partial charge in [-0.2, -0.15) is 0 Å². The smallest absolute Gasteiger partial charge is 0.137 e. The third-order valence-electron chi connectivity index (χ3n) is 3.15. The second-order valence-electron chi connectivity index (χ2n) is 4.68. The molecule has 100 valence electrons. The molecule has 0 aliphatic heterocycles. The van der Waals surface area contributed by atoms with E-state index in [4.69, 9.17) is 0 Å². The average molecular weight is 276 g/mol. The summed E-state index contributed by atoms with van der Waals surface area (Å²) in [5.41, 5.74) is 3.02. The zero-order chi connectivity index (χ0) is 14.0. The molecule has 0 fully saturated rings. The van der Waals surface area contributed by atoms with Gasteiger partial charge in [0, 0.05) is 4.90 Å². The Morgan fingerprint density at radius 2 is 1.84 bits per heavy atom. The molecule has 1 N–H and O–H groups in total. The van der Waals surface area contributed by atoms with Crippen molar-refractivity contribution >= 4 is 11.8 Å². The quantitative estimate of drug-likeness (QED) is 0.880. The highest BCUT2D eigenvalue weighted by Gasteiger charge is 2.13. The first kappa shape index (κ1) is 14.1. The third kappa shape index (κ3) is 3.17. The van der Waals surface area contributed by atoms with Crippen LogP contribution in [0.2, 0.25) is 0 Å². The number of halogens is 1. The lowest BCUT2D eigenvalue weighted by atomic mass is 10.1. The molecule has 0 saturated carbocycles. The van der Waals surface area contributed by atoms with Crippen molar-refractivity contribution in [1.29, 1.82) is 0 Å². The summed E-state index contributed by atoms with van der Waals surface area (Å²) in [6.07, 6.45) is -0.676. The minimum absolute atomic E-state index is 0.290. The Morgan fingerprint density at radius 3 is 2.47 bits per heavy atom. The number of aliphatic hydroxyl groups is 1. The molecule has 0 aliphatic rings. The highest BCUT2D eigenvalue weighted by Crippen LogP contribution is 2.35. The molecular weight excluding hydrogens is 259 g/mol. The molecule has 0 spiro atoms. The minimum atomic E-state index is -0.676. The van der Waals surface area contributed by atoms with Gasteiger partial charge in [0.2, 0.25) is 0 Å². The number of aryl methyl sites for hydroxylation is 2. The topological polar surface area (TPSA) is 20.2 Å². The van der Waals surface area contributed by atoms with Crippen LogP contribution in [0.5, 0.6) is 0 Å². The molecule has 0 unspecified atom stereocenters. The van der Waals surface area contributed by atoms with E-state index in [1.807, 2.05) is 32.0 Å². The Bertz CT molecular complexity index is 593. The normalized spacial score (nSPS) is 12.5. The molecular formula is C16H17FOS. The molecule has 2 aromatic carbocycles. The highest BCUT2D eigenvalue weighted by atomic mass is 32.2. The van der Waals surface area contributed by atoms with Gasteiger partial charge in [-0.3, -0.25) is 0 Å². The van der Waals surface area contributed by atoms with Crippen LogP contribution in [0.15, 0.2) is 46.2 Å². The minimum Gasteiger partial charge on any atom is -0.389 e. The van der Waals surface area contributed by atoms with Crippen molar-refractivity contribution in [2.24, 2.45) is 0 Å². The predicted octanol–water partition coefficient (Wildman–Crippen LogP) is 4.65. The monoisotopic (exact) mass is 276 g/mol. The zero-order valence-electron chi connectivity index (χ0n) is 11.3. The van der Waals surface area contributed by atoms with Gasteiger partial charge in [-0.25, -0.2) is 4.39 Å². The van der Waals surface area contributed by atoms with Crippen LogP contribution < -0.4 is 0 Å². The summed E-state index contributed by atoms with van der Waals surface area (Å²) in [4.78, 5) is 1.48. The maximum Gasteiger partial charge on any atom is 0.137 e. The molecule has 2 aromatic rings. The lowest BCUT2D eigenvalue weighted by Gasteiger charge is -2.13. The zero-order valence-corrected chi connectivity index (χ0v) is 12.1. The van der Waals surface area contributed by atoms with E-state index in [0.717, 1.165) is 4.90 Å². The third-order valence-corrected chi connectivity index (χ3v) is 4.27. The second kappa shape index (κ2) is 5.76. The number of aliphatic hydroxyl groups excluding tert-OH is 1. The molecule has 2 rings (SSSR count). The lowest BCUT2D eigenvalue weighted by Crippen LogP contribution is -1.96. The Labute approximate surface area is 117 Å². The number of hydrogen-bond donors (Lipinski definition) is 1. The van der Waals surface area contributed by atoms with E-state index in [2.05, 4.69) is 0 Å². The van der Waals surface area contributed by atoms with Gasteiger partial charge < -0.3 is 5.11 Å². The standard InChI is InChI=1S/C16H17FOS/c1-10-7-8-13(9-11(10)2)19-16-14(12(3)18)5-4-6-15(16)17/h4-9,12,18H,1-3H3/t12-/m1/s1. The molecule has 1 atom stereocenters. The average Bonchev–Trinajstić information content (AvgIpc) is 2.36. The van der Waals surface area contributed by atoms with Crippen LogP contribution in [0.4, 0.5) is 4.39 Å². The summed E-state index contributed by atoms with van der Waals surface area (Å²) in [7, 11) is 0. The number of rotatable bonds is 3. The molecule has 0 radical (unpaired) electrons. The SMILES string of the molecule is Cc1ccc(Sc2c(F)cccc2[C@@H](C)O)cc1C. The van der Waals surface area contributed by atoms with E-state index >= 15 is 0 Å². The molecule has 0 heterocycles. The molecule has 0 aromatic heterocycles. The Kier molecular flexibility index (Phi) is 4.27. The van der Waals surface area contributed by atoms with Crippen LogP contribution in [-0.4, -0.2) is 5.11 Å². The van der Waals surface area contributed by atoms with Crippen LogP contribution in [0.3, 0.4) is 0 Å². The van der Waals surface area contributed by atoms with Crippen molar-refractivity contribution in [2.45, 2.75) is 36.7 Å². The van der Waals surface area contributed by atoms with E-state index in [9.17, 15) is 9.50 Å². The van der Waals surface area contributed by atoms with Gasteiger partial charge in [0.25, 0.3) is 0 Å². The Hall–Kier alpha value is -1.32. The van der Waals surface area contributed by atoms with Crippen LogP contribution in [0, 0.1) is 19.7 Å². The fourth-order valence-corrected chi connectivity index (χ4v) is 2.99. The van der Waals surface area contributed by atoms with Crippen molar-refractivity contribution in [3.63, 3.8) is 0 Å². The fourth-order valence-electron chi connectivity index (χ4n) is 1.86. The van der Waals surface area contributed by atoms with Gasteiger partial charge in [-0.05, 0) is 55.7 Å². The summed E-state index contributed by atoms with van der Waals surface area (Å²) < 4.78 is 13.9. The molecule has 0 aliphatic carbocycles. The van der Waals surface area contributed by atoms with E-state index < -0.39 is 6.10 Å². The van der Waals surface area contributed by atoms with Crippen LogP contribution in [0.25, 0.3) is 0 Å². The van der Waals surface area contributed by atoms with Gasteiger partial charge in [-0.15, -0.1) is 0 Å². The van der Waals surface area contributed by atoms with Crippen molar-refractivity contribution < 1.29 is 9.50 Å². The van der Waals surface area contributed by atoms with E-state index in [-0.39, 0.29) is 5.82 Å². The summed E-state index contributed by atoms with van der Waals surface area (Å²) in [5, 5.41) is 9.73. The number of benzene rings is 2. The van der Waals surface area contributed by atoms with Gasteiger partial charge in [-0.1, -0.05) is 30.0 Å². The van der Waals surface area contributed by atoms with Crippen molar-refractivity contribution in [3.05, 3.63) is 58.9 Å². The van der Waals surface area contributed by atoms with Crippen molar-refractivity contribution in [1.82, 2.24) is 0 Å². The Morgan fingerprint density at radius 1 is 1.11 bits per heavy atom. The molecule has 1 nitrogen and oxygen atoms in total. The second-order valence-corrected chi connectivity index (χ2v) is 5.77. The first-order valence-electron chi connectivity index (χ1n) is 6.20. The largest absolute Gasteiger partial charge is 0.389 e. The summed E-state index contributed by atoms with van der Waals surface area (Å²) >= 11 is 1.36. The van der Waals surface area contributed by atoms with Gasteiger partial charge in [0.15, 0.2) is 0 Å². The predicted molar refractivity (Wildman–Crippen MR) is 77.1 cm³/mol. The van der Waals surface area contributed by atoms with E-state index in [0.29, 0.717) is 10.5 Å². The van der Waals surface area contributed by atoms with E-state index in [1.165, 1.54) is 29.0 Å². The maximum absolute atomic E-state index is 13.9. The van der Waals surface area contributed by atoms with Gasteiger partial charge in [0.1, 0.15) is 5.82 Å². The Balaban J connectivity index is 2.40. The number of hydrogen-bond acceptors (Lipinski definition) is 2. The first-order chi connectivity index (χ1) is 8.99. The van der Waals surface area contributed by atoms with Gasteiger partial charge in [0.05, 0.1) is 11.0 Å². The summed E-state index contributed by atoms with van der Waals surface area (Å²) in [6.45, 7) is 5.74. The molecule has 0 saturated heterocycles. The van der Waals surface area contributed by atoms with Crippen LogP contribution >= 0.6 is 11.8 Å². The first-order valence-corrected chi connectivity index (χ1v) is 7.02. The fraction of sp³-hybridized carbons (Fsp3) is 0.250. The highest BCUT2D eigenvalue weighted by molar-refractivity contribution is 7.99. The van der Waals surface area contributed by atoms with Crippen molar-refractivity contribution in [2.75, 3.05) is 0 Å². The van der Waals surface area contributed by atoms with E-state index in [1.54, 1.807) is 19.1 Å². The summed E-state index contributed by atoms with van der Waals surface area (Å²) in [5.74, 6) is -0.290. The molecule has 0 amide bonds.